The topological polar surface area (TPSA) is 34.1 Å². The van der Waals surface area contributed by atoms with Crippen LogP contribution in [-0.2, 0) is 0 Å². The molecule has 0 aliphatic heterocycles. The van der Waals surface area contributed by atoms with Gasteiger partial charge in [0, 0.05) is 24.2 Å². The Morgan fingerprint density at radius 1 is 1.18 bits per heavy atom. The summed E-state index contributed by atoms with van der Waals surface area (Å²) >= 11 is 11.9. The fourth-order valence-corrected chi connectivity index (χ4v) is 1.60. The first kappa shape index (κ1) is 12.0. The number of hydrogen-bond donors (Lipinski definition) is 1. The summed E-state index contributed by atoms with van der Waals surface area (Å²) in [5.74, 6) is 1.67. The van der Waals surface area contributed by atoms with Gasteiger partial charge in [0.05, 0.1) is 5.02 Å². The molecule has 5 heteroatoms. The minimum Gasteiger partial charge on any atom is -0.437 e. The van der Waals surface area contributed by atoms with Crippen LogP contribution in [0.2, 0.25) is 10.0 Å². The molecular weight excluding hydrogens is 259 g/mol. The number of pyridine rings is 1. The number of hydrogen-bond acceptors (Lipinski definition) is 3. The molecule has 88 valence electrons. The summed E-state index contributed by atoms with van der Waals surface area (Å²) in [7, 11) is 1.79. The van der Waals surface area contributed by atoms with Crippen molar-refractivity contribution in [2.24, 2.45) is 0 Å². The molecule has 17 heavy (non-hydrogen) atoms. The zero-order chi connectivity index (χ0) is 12.3. The Labute approximate surface area is 109 Å². The minimum absolute atomic E-state index is 0.459. The van der Waals surface area contributed by atoms with Crippen LogP contribution in [0.5, 0.6) is 11.6 Å². The lowest BCUT2D eigenvalue weighted by Crippen LogP contribution is -1.94. The zero-order valence-electron chi connectivity index (χ0n) is 9.08. The van der Waals surface area contributed by atoms with Crippen molar-refractivity contribution >= 4 is 29.0 Å². The van der Waals surface area contributed by atoms with E-state index in [0.29, 0.717) is 21.7 Å². The number of nitrogens with one attached hydrogen (secondary N) is 1. The third kappa shape index (κ3) is 3.02. The summed E-state index contributed by atoms with van der Waals surface area (Å²) in [5, 5.41) is 3.98. The Balaban J connectivity index is 2.27. The van der Waals surface area contributed by atoms with Gasteiger partial charge in [-0.05, 0) is 18.2 Å². The van der Waals surface area contributed by atoms with E-state index in [9.17, 15) is 0 Å². The maximum absolute atomic E-state index is 5.99. The Hall–Kier alpha value is -1.45. The molecule has 0 atom stereocenters. The van der Waals surface area contributed by atoms with E-state index in [2.05, 4.69) is 10.3 Å². The van der Waals surface area contributed by atoms with Gasteiger partial charge >= 0.3 is 0 Å². The van der Waals surface area contributed by atoms with Crippen LogP contribution < -0.4 is 10.1 Å². The summed E-state index contributed by atoms with van der Waals surface area (Å²) in [6.07, 6.45) is 0. The SMILES string of the molecule is CNc1cccc(Oc2cc(Cl)ccc2Cl)n1. The molecule has 0 aliphatic rings. The van der Waals surface area contributed by atoms with Gasteiger partial charge in [0.25, 0.3) is 0 Å². The van der Waals surface area contributed by atoms with Crippen molar-refractivity contribution in [2.45, 2.75) is 0 Å². The monoisotopic (exact) mass is 268 g/mol. The molecular formula is C12H10Cl2N2O. The van der Waals surface area contributed by atoms with Gasteiger partial charge in [-0.1, -0.05) is 29.3 Å². The van der Waals surface area contributed by atoms with Crippen molar-refractivity contribution in [3.8, 4) is 11.6 Å². The number of halogens is 2. The summed E-state index contributed by atoms with van der Waals surface area (Å²) in [6, 6.07) is 10.5. The van der Waals surface area contributed by atoms with Crippen LogP contribution >= 0.6 is 23.2 Å². The number of rotatable bonds is 3. The molecule has 1 N–H and O–H groups in total. The highest BCUT2D eigenvalue weighted by Crippen LogP contribution is 2.31. The van der Waals surface area contributed by atoms with E-state index in [1.165, 1.54) is 0 Å². The molecule has 0 aliphatic carbocycles. The van der Waals surface area contributed by atoms with Crippen LogP contribution in [0.4, 0.5) is 5.82 Å². The third-order valence-corrected chi connectivity index (χ3v) is 2.63. The molecule has 1 heterocycles. The number of ether oxygens (including phenoxy) is 1. The maximum atomic E-state index is 5.99. The molecule has 0 amide bonds. The van der Waals surface area contributed by atoms with Crippen LogP contribution in [0.3, 0.4) is 0 Å². The van der Waals surface area contributed by atoms with E-state index in [0.717, 1.165) is 5.82 Å². The number of anilines is 1. The molecule has 1 aromatic heterocycles. The lowest BCUT2D eigenvalue weighted by molar-refractivity contribution is 0.464. The Morgan fingerprint density at radius 2 is 2.00 bits per heavy atom. The minimum atomic E-state index is 0.459. The van der Waals surface area contributed by atoms with Crippen molar-refractivity contribution < 1.29 is 4.74 Å². The van der Waals surface area contributed by atoms with Gasteiger partial charge in [0.1, 0.15) is 11.6 Å². The fourth-order valence-electron chi connectivity index (χ4n) is 1.28. The van der Waals surface area contributed by atoms with Crippen LogP contribution in [0.15, 0.2) is 36.4 Å². The van der Waals surface area contributed by atoms with Crippen molar-refractivity contribution in [3.05, 3.63) is 46.4 Å². The van der Waals surface area contributed by atoms with Gasteiger partial charge in [0.2, 0.25) is 5.88 Å². The van der Waals surface area contributed by atoms with E-state index in [1.807, 2.05) is 12.1 Å². The molecule has 3 nitrogen and oxygen atoms in total. The molecule has 0 saturated heterocycles. The van der Waals surface area contributed by atoms with Gasteiger partial charge in [-0.25, -0.2) is 0 Å². The Morgan fingerprint density at radius 3 is 2.76 bits per heavy atom. The quantitative estimate of drug-likeness (QED) is 0.905. The smallest absolute Gasteiger partial charge is 0.221 e. The second kappa shape index (κ2) is 5.25. The van der Waals surface area contributed by atoms with Crippen LogP contribution in [-0.4, -0.2) is 12.0 Å². The standard InChI is InChI=1S/C12H10Cl2N2O/c1-15-11-3-2-4-12(16-11)17-10-7-8(13)5-6-9(10)14/h2-7H,1H3,(H,15,16). The van der Waals surface area contributed by atoms with Crippen LogP contribution in [0, 0.1) is 0 Å². The molecule has 2 rings (SSSR count). The summed E-state index contributed by atoms with van der Waals surface area (Å²) in [6.45, 7) is 0. The molecule has 0 saturated carbocycles. The largest absolute Gasteiger partial charge is 0.437 e. The first-order chi connectivity index (χ1) is 8.19. The van der Waals surface area contributed by atoms with Crippen LogP contribution in [0.25, 0.3) is 0 Å². The van der Waals surface area contributed by atoms with Crippen molar-refractivity contribution in [2.75, 3.05) is 12.4 Å². The van der Waals surface area contributed by atoms with Gasteiger partial charge in [0.15, 0.2) is 0 Å². The van der Waals surface area contributed by atoms with Gasteiger partial charge < -0.3 is 10.1 Å². The highest BCUT2D eigenvalue weighted by atomic mass is 35.5. The fraction of sp³-hybridized carbons (Fsp3) is 0.0833. The number of aromatic nitrogens is 1. The second-order valence-electron chi connectivity index (χ2n) is 3.29. The maximum Gasteiger partial charge on any atom is 0.221 e. The molecule has 1 aromatic carbocycles. The molecule has 0 unspecified atom stereocenters. The van der Waals surface area contributed by atoms with E-state index in [-0.39, 0.29) is 0 Å². The van der Waals surface area contributed by atoms with Crippen LogP contribution in [0.1, 0.15) is 0 Å². The van der Waals surface area contributed by atoms with E-state index >= 15 is 0 Å². The molecule has 0 spiro atoms. The van der Waals surface area contributed by atoms with E-state index in [1.54, 1.807) is 31.3 Å². The van der Waals surface area contributed by atoms with Gasteiger partial charge in [-0.15, -0.1) is 0 Å². The number of benzene rings is 1. The lowest BCUT2D eigenvalue weighted by atomic mass is 10.3. The van der Waals surface area contributed by atoms with Gasteiger partial charge in [-0.2, -0.15) is 4.98 Å². The van der Waals surface area contributed by atoms with Gasteiger partial charge in [-0.3, -0.25) is 0 Å². The normalized spacial score (nSPS) is 10.1. The second-order valence-corrected chi connectivity index (χ2v) is 4.13. The predicted molar refractivity (Wildman–Crippen MR) is 70.3 cm³/mol. The summed E-state index contributed by atoms with van der Waals surface area (Å²) in [5.41, 5.74) is 0. The third-order valence-electron chi connectivity index (χ3n) is 2.09. The first-order valence-electron chi connectivity index (χ1n) is 4.97. The molecule has 2 aromatic rings. The average molecular weight is 269 g/mol. The average Bonchev–Trinajstić information content (AvgIpc) is 2.34. The highest BCUT2D eigenvalue weighted by Gasteiger charge is 2.05. The number of nitrogens with zero attached hydrogens (tertiary/aromatic N) is 1. The zero-order valence-corrected chi connectivity index (χ0v) is 10.6. The summed E-state index contributed by atoms with van der Waals surface area (Å²) in [4.78, 5) is 4.22. The molecule has 0 fully saturated rings. The highest BCUT2D eigenvalue weighted by molar-refractivity contribution is 6.34. The van der Waals surface area contributed by atoms with E-state index < -0.39 is 0 Å². The predicted octanol–water partition coefficient (Wildman–Crippen LogP) is 4.22. The van der Waals surface area contributed by atoms with Crippen molar-refractivity contribution in [3.63, 3.8) is 0 Å². The van der Waals surface area contributed by atoms with Crippen molar-refractivity contribution in [1.29, 1.82) is 0 Å². The Bertz CT molecular complexity index is 532. The molecule has 0 bridgehead atoms. The Kier molecular flexibility index (Phi) is 3.71. The lowest BCUT2D eigenvalue weighted by Gasteiger charge is -2.08. The first-order valence-corrected chi connectivity index (χ1v) is 5.72. The van der Waals surface area contributed by atoms with Crippen molar-refractivity contribution in [1.82, 2.24) is 4.98 Å². The van der Waals surface area contributed by atoms with E-state index in [4.69, 9.17) is 27.9 Å². The molecule has 0 radical (unpaired) electrons. The summed E-state index contributed by atoms with van der Waals surface area (Å²) < 4.78 is 5.56.